The van der Waals surface area contributed by atoms with Gasteiger partial charge in [0.25, 0.3) is 0 Å². The topological polar surface area (TPSA) is 76.4 Å². The number of esters is 1. The van der Waals surface area contributed by atoms with Crippen molar-refractivity contribution in [1.82, 2.24) is 0 Å². The van der Waals surface area contributed by atoms with Crippen LogP contribution in [0.15, 0.2) is 54.1 Å². The summed E-state index contributed by atoms with van der Waals surface area (Å²) in [5, 5.41) is 8.94. The highest BCUT2D eigenvalue weighted by molar-refractivity contribution is 6.19. The Morgan fingerprint density at radius 2 is 1.88 bits per heavy atom. The highest BCUT2D eigenvalue weighted by Gasteiger charge is 2.17. The zero-order valence-corrected chi connectivity index (χ0v) is 14.0. The van der Waals surface area contributed by atoms with Crippen LogP contribution in [0.5, 0.6) is 5.75 Å². The van der Waals surface area contributed by atoms with Gasteiger partial charge >= 0.3 is 5.97 Å². The van der Waals surface area contributed by atoms with E-state index in [0.29, 0.717) is 16.9 Å². The maximum atomic E-state index is 12.3. The van der Waals surface area contributed by atoms with E-state index in [1.54, 1.807) is 18.2 Å². The normalized spacial score (nSPS) is 10.7. The van der Waals surface area contributed by atoms with Crippen LogP contribution in [0.4, 0.5) is 0 Å². The number of nitrogens with zero attached hydrogens (tertiary/aromatic N) is 1. The molecule has 0 amide bonds. The van der Waals surface area contributed by atoms with Gasteiger partial charge < -0.3 is 9.47 Å². The molecule has 0 heterocycles. The quantitative estimate of drug-likeness (QED) is 0.350. The number of nitriles is 1. The molecule has 0 radical (unpaired) electrons. The van der Waals surface area contributed by atoms with E-state index >= 15 is 0 Å². The Balaban J connectivity index is 2.25. The lowest BCUT2D eigenvalue weighted by Gasteiger charge is -2.09. The predicted octanol–water partition coefficient (Wildman–Crippen LogP) is 3.28. The maximum absolute atomic E-state index is 12.3. The van der Waals surface area contributed by atoms with Crippen molar-refractivity contribution in [2.45, 2.75) is 13.5 Å². The number of hydrogen-bond acceptors (Lipinski definition) is 5. The van der Waals surface area contributed by atoms with Crippen molar-refractivity contribution in [3.8, 4) is 11.8 Å². The smallest absolute Gasteiger partial charge is 0.342 e. The molecule has 0 aromatic heterocycles. The molecule has 0 fully saturated rings. The predicted molar refractivity (Wildman–Crippen MR) is 92.6 cm³/mol. The third-order valence-electron chi connectivity index (χ3n) is 3.47. The van der Waals surface area contributed by atoms with Crippen molar-refractivity contribution >= 4 is 17.8 Å². The zero-order valence-electron chi connectivity index (χ0n) is 14.0. The Morgan fingerprint density at radius 3 is 2.48 bits per heavy atom. The number of methoxy groups -OCH3 is 1. The fraction of sp³-hybridized carbons (Fsp3) is 0.150. The van der Waals surface area contributed by atoms with E-state index in [4.69, 9.17) is 14.7 Å². The molecule has 0 N–H and O–H groups in total. The van der Waals surface area contributed by atoms with Crippen molar-refractivity contribution in [1.29, 1.82) is 5.26 Å². The first-order valence-corrected chi connectivity index (χ1v) is 7.57. The van der Waals surface area contributed by atoms with Crippen LogP contribution in [0.25, 0.3) is 6.08 Å². The van der Waals surface area contributed by atoms with E-state index in [0.717, 1.165) is 5.56 Å². The number of ether oxygens (including phenoxy) is 2. The minimum Gasteiger partial charge on any atom is -0.496 e. The minimum atomic E-state index is -0.706. The molecule has 0 aliphatic heterocycles. The SMILES string of the molecule is COc1cc(C#N)ccc1/C=C(/C(C)=O)C(=O)OCc1ccccc1. The lowest BCUT2D eigenvalue weighted by Crippen LogP contribution is -2.13. The molecule has 126 valence electrons. The Labute approximate surface area is 146 Å². The first-order chi connectivity index (χ1) is 12.0. The fourth-order valence-electron chi connectivity index (χ4n) is 2.16. The molecular formula is C20H17NO4. The molecule has 0 saturated carbocycles. The Hall–Kier alpha value is -3.39. The van der Waals surface area contributed by atoms with E-state index in [-0.39, 0.29) is 12.2 Å². The van der Waals surface area contributed by atoms with Crippen LogP contribution in [-0.2, 0) is 20.9 Å². The van der Waals surface area contributed by atoms with Crippen LogP contribution in [0, 0.1) is 11.3 Å². The lowest BCUT2D eigenvalue weighted by atomic mass is 10.1. The Morgan fingerprint density at radius 1 is 1.16 bits per heavy atom. The van der Waals surface area contributed by atoms with Crippen molar-refractivity contribution < 1.29 is 19.1 Å². The third-order valence-corrected chi connectivity index (χ3v) is 3.47. The zero-order chi connectivity index (χ0) is 18.2. The van der Waals surface area contributed by atoms with Gasteiger partial charge in [0, 0.05) is 5.56 Å². The average Bonchev–Trinajstić information content (AvgIpc) is 2.64. The molecule has 2 aromatic carbocycles. The summed E-state index contributed by atoms with van der Waals surface area (Å²) in [5.41, 5.74) is 1.68. The summed E-state index contributed by atoms with van der Waals surface area (Å²) in [7, 11) is 1.45. The van der Waals surface area contributed by atoms with Gasteiger partial charge in [0.1, 0.15) is 17.9 Å². The van der Waals surface area contributed by atoms with Gasteiger partial charge in [0.15, 0.2) is 5.78 Å². The fourth-order valence-corrected chi connectivity index (χ4v) is 2.16. The Kier molecular flexibility index (Phi) is 6.08. The number of Topliss-reactive ketones (excluding diaryl/α,β-unsaturated/α-hetero) is 1. The number of benzene rings is 2. The molecule has 0 bridgehead atoms. The van der Waals surface area contributed by atoms with Gasteiger partial charge in [-0.3, -0.25) is 4.79 Å². The molecular weight excluding hydrogens is 318 g/mol. The van der Waals surface area contributed by atoms with Gasteiger partial charge in [-0.25, -0.2) is 4.79 Å². The molecule has 2 aromatic rings. The van der Waals surface area contributed by atoms with E-state index in [1.165, 1.54) is 20.1 Å². The van der Waals surface area contributed by atoms with Crippen molar-refractivity contribution in [3.05, 3.63) is 70.8 Å². The average molecular weight is 335 g/mol. The van der Waals surface area contributed by atoms with Crippen LogP contribution in [0.3, 0.4) is 0 Å². The summed E-state index contributed by atoms with van der Waals surface area (Å²) < 4.78 is 10.4. The molecule has 25 heavy (non-hydrogen) atoms. The number of hydrogen-bond donors (Lipinski definition) is 0. The summed E-state index contributed by atoms with van der Waals surface area (Å²) in [6.45, 7) is 1.38. The van der Waals surface area contributed by atoms with Gasteiger partial charge in [-0.1, -0.05) is 30.3 Å². The van der Waals surface area contributed by atoms with Gasteiger partial charge in [-0.05, 0) is 36.8 Å². The maximum Gasteiger partial charge on any atom is 0.342 e. The van der Waals surface area contributed by atoms with Gasteiger partial charge in [0.05, 0.1) is 18.7 Å². The monoisotopic (exact) mass is 335 g/mol. The van der Waals surface area contributed by atoms with Crippen LogP contribution < -0.4 is 4.74 Å². The number of ketones is 1. The van der Waals surface area contributed by atoms with Crippen LogP contribution in [0.1, 0.15) is 23.6 Å². The van der Waals surface area contributed by atoms with E-state index in [2.05, 4.69) is 0 Å². The van der Waals surface area contributed by atoms with Crippen molar-refractivity contribution in [2.24, 2.45) is 0 Å². The first-order valence-electron chi connectivity index (χ1n) is 7.57. The molecule has 0 saturated heterocycles. The second kappa shape index (κ2) is 8.46. The minimum absolute atomic E-state index is 0.0782. The van der Waals surface area contributed by atoms with E-state index < -0.39 is 11.8 Å². The summed E-state index contributed by atoms with van der Waals surface area (Å²) in [6.07, 6.45) is 1.41. The standard InChI is InChI=1S/C20H17NO4/c1-14(22)18(20(23)25-13-15-6-4-3-5-7-15)11-17-9-8-16(12-21)10-19(17)24-2/h3-11H,13H2,1-2H3/b18-11-. The molecule has 0 atom stereocenters. The second-order valence-electron chi connectivity index (χ2n) is 5.24. The van der Waals surface area contributed by atoms with Gasteiger partial charge in [0.2, 0.25) is 0 Å². The largest absolute Gasteiger partial charge is 0.496 e. The second-order valence-corrected chi connectivity index (χ2v) is 5.24. The molecule has 0 aliphatic rings. The molecule has 0 spiro atoms. The van der Waals surface area contributed by atoms with Crippen molar-refractivity contribution in [3.63, 3.8) is 0 Å². The van der Waals surface area contributed by atoms with E-state index in [1.807, 2.05) is 36.4 Å². The molecule has 5 nitrogen and oxygen atoms in total. The van der Waals surface area contributed by atoms with Crippen molar-refractivity contribution in [2.75, 3.05) is 7.11 Å². The molecule has 0 unspecified atom stereocenters. The third kappa shape index (κ3) is 4.79. The number of carbonyl (C=O) groups is 2. The highest BCUT2D eigenvalue weighted by atomic mass is 16.5. The van der Waals surface area contributed by atoms with Crippen LogP contribution in [-0.4, -0.2) is 18.9 Å². The van der Waals surface area contributed by atoms with Gasteiger partial charge in [-0.15, -0.1) is 0 Å². The van der Waals surface area contributed by atoms with Gasteiger partial charge in [-0.2, -0.15) is 5.26 Å². The number of carbonyl (C=O) groups excluding carboxylic acids is 2. The summed E-state index contributed by atoms with van der Waals surface area (Å²) in [4.78, 5) is 24.1. The molecule has 2 rings (SSSR count). The molecule has 0 aliphatic carbocycles. The Bertz CT molecular complexity index is 848. The van der Waals surface area contributed by atoms with Crippen LogP contribution in [0.2, 0.25) is 0 Å². The number of rotatable bonds is 6. The first kappa shape index (κ1) is 18.0. The summed E-state index contributed by atoms with van der Waals surface area (Å²) in [6, 6.07) is 15.9. The van der Waals surface area contributed by atoms with Crippen LogP contribution >= 0.6 is 0 Å². The highest BCUT2D eigenvalue weighted by Crippen LogP contribution is 2.23. The lowest BCUT2D eigenvalue weighted by molar-refractivity contribution is -0.141. The summed E-state index contributed by atoms with van der Waals surface area (Å²) >= 11 is 0. The molecule has 5 heteroatoms. The summed E-state index contributed by atoms with van der Waals surface area (Å²) in [5.74, 6) is -0.721. The van der Waals surface area contributed by atoms with E-state index in [9.17, 15) is 9.59 Å².